The van der Waals surface area contributed by atoms with Crippen LogP contribution in [0.1, 0.15) is 18.3 Å². The number of hydrogen-bond donors (Lipinski definition) is 1. The summed E-state index contributed by atoms with van der Waals surface area (Å²) in [4.78, 5) is 13.4. The van der Waals surface area contributed by atoms with E-state index in [1.807, 2.05) is 6.92 Å². The van der Waals surface area contributed by atoms with Crippen LogP contribution in [0.2, 0.25) is 0 Å². The van der Waals surface area contributed by atoms with Gasteiger partial charge in [-0.3, -0.25) is 14.5 Å². The number of aryl methyl sites for hydroxylation is 1. The monoisotopic (exact) mass is 212 g/mol. The fourth-order valence-electron chi connectivity index (χ4n) is 1.79. The minimum atomic E-state index is -0.161. The van der Waals surface area contributed by atoms with Crippen molar-refractivity contribution in [2.45, 2.75) is 19.4 Å². The quantitative estimate of drug-likeness (QED) is 0.695. The van der Waals surface area contributed by atoms with Crippen LogP contribution >= 0.6 is 12.2 Å². The number of amides is 1. The van der Waals surface area contributed by atoms with Gasteiger partial charge in [-0.15, -0.1) is 0 Å². The van der Waals surface area contributed by atoms with Crippen LogP contribution in [0, 0.1) is 11.7 Å². The van der Waals surface area contributed by atoms with Gasteiger partial charge in [-0.25, -0.2) is 0 Å². The number of H-pyrrole nitrogens is 1. The molecule has 1 aliphatic heterocycles. The third-order valence-corrected chi connectivity index (χ3v) is 2.88. The topological polar surface area (TPSA) is 53.9 Å². The molecule has 76 valence electrons. The first-order valence-corrected chi connectivity index (χ1v) is 4.90. The highest BCUT2D eigenvalue weighted by Crippen LogP contribution is 2.22. The van der Waals surface area contributed by atoms with Gasteiger partial charge in [0.2, 0.25) is 5.91 Å². The third-order valence-electron chi connectivity index (χ3n) is 2.59. The Morgan fingerprint density at radius 1 is 1.64 bits per heavy atom. The normalized spacial score (nSPS) is 22.0. The van der Waals surface area contributed by atoms with Crippen LogP contribution in [0.5, 0.6) is 0 Å². The number of carbonyl (C=O) groups is 1. The Morgan fingerprint density at radius 3 is 2.79 bits per heavy atom. The number of likely N-dealkylation sites (N-methyl/N-ethyl adjacent to an activating group) is 1. The molecule has 0 spiro atoms. The highest BCUT2D eigenvalue weighted by molar-refractivity contribution is 7.71. The SMILES string of the molecule is Cc1n[nH]c(=S)n1C1CCN(C)C1=O. The average molecular weight is 212 g/mol. The molecule has 1 aromatic rings. The fraction of sp³-hybridized carbons (Fsp3) is 0.625. The van der Waals surface area contributed by atoms with E-state index >= 15 is 0 Å². The maximum Gasteiger partial charge on any atom is 0.245 e. The van der Waals surface area contributed by atoms with Crippen molar-refractivity contribution in [1.82, 2.24) is 19.7 Å². The number of nitrogens with zero attached hydrogens (tertiary/aromatic N) is 3. The molecular formula is C8H12N4OS. The summed E-state index contributed by atoms with van der Waals surface area (Å²) in [6.45, 7) is 2.63. The lowest BCUT2D eigenvalue weighted by atomic mass is 10.2. The second-order valence-corrected chi connectivity index (χ2v) is 3.90. The van der Waals surface area contributed by atoms with Gasteiger partial charge < -0.3 is 4.90 Å². The standard InChI is InChI=1S/C8H12N4OS/c1-5-9-10-8(14)12(5)6-3-4-11(2)7(6)13/h6H,3-4H2,1-2H3,(H,10,14). The zero-order chi connectivity index (χ0) is 10.3. The molecule has 0 bridgehead atoms. The molecule has 0 radical (unpaired) electrons. The van der Waals surface area contributed by atoms with Crippen molar-refractivity contribution in [3.05, 3.63) is 10.6 Å². The van der Waals surface area contributed by atoms with E-state index in [0.29, 0.717) is 4.77 Å². The summed E-state index contributed by atoms with van der Waals surface area (Å²) in [6, 6.07) is -0.161. The summed E-state index contributed by atoms with van der Waals surface area (Å²) in [5.41, 5.74) is 0. The summed E-state index contributed by atoms with van der Waals surface area (Å²) >= 11 is 5.08. The van der Waals surface area contributed by atoms with Crippen molar-refractivity contribution in [2.24, 2.45) is 0 Å². The van der Waals surface area contributed by atoms with Crippen molar-refractivity contribution in [1.29, 1.82) is 0 Å². The van der Waals surface area contributed by atoms with E-state index in [4.69, 9.17) is 12.2 Å². The fourth-order valence-corrected chi connectivity index (χ4v) is 2.10. The van der Waals surface area contributed by atoms with Crippen molar-refractivity contribution in [2.75, 3.05) is 13.6 Å². The number of rotatable bonds is 1. The molecule has 14 heavy (non-hydrogen) atoms. The maximum absolute atomic E-state index is 11.7. The van der Waals surface area contributed by atoms with E-state index in [1.54, 1.807) is 16.5 Å². The average Bonchev–Trinajstić information content (AvgIpc) is 2.62. The molecule has 1 unspecified atom stereocenters. The Hall–Kier alpha value is -1.17. The summed E-state index contributed by atoms with van der Waals surface area (Å²) in [6.07, 6.45) is 0.810. The van der Waals surface area contributed by atoms with Gasteiger partial charge in [0, 0.05) is 13.6 Å². The molecule has 2 heterocycles. The molecule has 6 heteroatoms. The highest BCUT2D eigenvalue weighted by atomic mass is 32.1. The lowest BCUT2D eigenvalue weighted by Crippen LogP contribution is -2.25. The van der Waals surface area contributed by atoms with E-state index in [9.17, 15) is 4.79 Å². The van der Waals surface area contributed by atoms with Crippen LogP contribution in [0.4, 0.5) is 0 Å². The van der Waals surface area contributed by atoms with Gasteiger partial charge in [0.05, 0.1) is 0 Å². The van der Waals surface area contributed by atoms with Crippen LogP contribution in [0.25, 0.3) is 0 Å². The Bertz CT molecular complexity index is 421. The van der Waals surface area contributed by atoms with Gasteiger partial charge in [-0.05, 0) is 25.6 Å². The van der Waals surface area contributed by atoms with Gasteiger partial charge in [0.1, 0.15) is 11.9 Å². The molecule has 1 aliphatic rings. The molecular weight excluding hydrogens is 200 g/mol. The zero-order valence-corrected chi connectivity index (χ0v) is 8.97. The van der Waals surface area contributed by atoms with Gasteiger partial charge in [0.15, 0.2) is 4.77 Å². The molecule has 1 N–H and O–H groups in total. The van der Waals surface area contributed by atoms with Crippen LogP contribution in [-0.2, 0) is 4.79 Å². The first-order chi connectivity index (χ1) is 6.61. The van der Waals surface area contributed by atoms with Gasteiger partial charge in [0.25, 0.3) is 0 Å². The molecule has 0 aliphatic carbocycles. The number of aromatic nitrogens is 3. The second kappa shape index (κ2) is 3.20. The minimum absolute atomic E-state index is 0.116. The van der Waals surface area contributed by atoms with E-state index in [1.165, 1.54) is 0 Å². The Kier molecular flexibility index (Phi) is 2.14. The van der Waals surface area contributed by atoms with E-state index in [-0.39, 0.29) is 11.9 Å². The van der Waals surface area contributed by atoms with Gasteiger partial charge in [-0.2, -0.15) is 5.10 Å². The molecule has 1 fully saturated rings. The number of carbonyl (C=O) groups excluding carboxylic acids is 1. The van der Waals surface area contributed by atoms with Crippen LogP contribution < -0.4 is 0 Å². The number of aromatic amines is 1. The lowest BCUT2D eigenvalue weighted by Gasteiger charge is -2.11. The van der Waals surface area contributed by atoms with E-state index in [2.05, 4.69) is 10.2 Å². The molecule has 2 rings (SSSR count). The Balaban J connectivity index is 2.42. The smallest absolute Gasteiger partial charge is 0.245 e. The van der Waals surface area contributed by atoms with Gasteiger partial charge >= 0.3 is 0 Å². The van der Waals surface area contributed by atoms with Crippen LogP contribution in [-0.4, -0.2) is 39.2 Å². The summed E-state index contributed by atoms with van der Waals surface area (Å²) in [5, 5.41) is 6.69. The minimum Gasteiger partial charge on any atom is -0.344 e. The second-order valence-electron chi connectivity index (χ2n) is 3.51. The molecule has 1 amide bonds. The number of hydrogen-bond acceptors (Lipinski definition) is 3. The molecule has 0 aromatic carbocycles. The molecule has 0 saturated carbocycles. The maximum atomic E-state index is 11.7. The Labute approximate surface area is 86.7 Å². The van der Waals surface area contributed by atoms with Crippen LogP contribution in [0.15, 0.2) is 0 Å². The molecule has 5 nitrogen and oxygen atoms in total. The van der Waals surface area contributed by atoms with E-state index < -0.39 is 0 Å². The summed E-state index contributed by atoms with van der Waals surface area (Å²) < 4.78 is 2.32. The number of likely N-dealkylation sites (tertiary alicyclic amines) is 1. The van der Waals surface area contributed by atoms with Crippen molar-refractivity contribution in [3.63, 3.8) is 0 Å². The van der Waals surface area contributed by atoms with E-state index in [0.717, 1.165) is 18.8 Å². The Morgan fingerprint density at radius 2 is 2.36 bits per heavy atom. The highest BCUT2D eigenvalue weighted by Gasteiger charge is 2.31. The largest absolute Gasteiger partial charge is 0.344 e. The molecule has 1 saturated heterocycles. The first-order valence-electron chi connectivity index (χ1n) is 4.49. The van der Waals surface area contributed by atoms with Crippen molar-refractivity contribution < 1.29 is 4.79 Å². The predicted octanol–water partition coefficient (Wildman–Crippen LogP) is 0.652. The van der Waals surface area contributed by atoms with Crippen LogP contribution in [0.3, 0.4) is 0 Å². The summed E-state index contributed by atoms with van der Waals surface area (Å²) in [5.74, 6) is 0.884. The lowest BCUT2D eigenvalue weighted by molar-refractivity contribution is -0.129. The first kappa shape index (κ1) is 9.39. The predicted molar refractivity (Wildman–Crippen MR) is 53.4 cm³/mol. The van der Waals surface area contributed by atoms with Gasteiger partial charge in [-0.1, -0.05) is 0 Å². The number of nitrogens with one attached hydrogen (secondary N) is 1. The zero-order valence-electron chi connectivity index (χ0n) is 8.15. The molecule has 1 atom stereocenters. The summed E-state index contributed by atoms with van der Waals surface area (Å²) in [7, 11) is 1.81. The third kappa shape index (κ3) is 1.26. The molecule has 1 aromatic heterocycles. The van der Waals surface area contributed by atoms with Crippen molar-refractivity contribution in [3.8, 4) is 0 Å². The van der Waals surface area contributed by atoms with Crippen molar-refractivity contribution >= 4 is 18.1 Å².